The van der Waals surface area contributed by atoms with Gasteiger partial charge in [0.2, 0.25) is 0 Å². The predicted molar refractivity (Wildman–Crippen MR) is 54.3 cm³/mol. The lowest BCUT2D eigenvalue weighted by Gasteiger charge is -2.10. The van der Waals surface area contributed by atoms with E-state index in [-0.39, 0.29) is 5.91 Å². The number of nitrogens with one attached hydrogen (secondary N) is 1. The van der Waals surface area contributed by atoms with Crippen molar-refractivity contribution in [2.24, 2.45) is 0 Å². The first-order valence-electron chi connectivity index (χ1n) is 4.08. The lowest BCUT2D eigenvalue weighted by atomic mass is 10.3. The molecule has 1 N–H and O–H groups in total. The Hall–Kier alpha value is -1.13. The van der Waals surface area contributed by atoms with Gasteiger partial charge in [-0.15, -0.1) is 0 Å². The second-order valence-electron chi connectivity index (χ2n) is 2.72. The van der Waals surface area contributed by atoms with Gasteiger partial charge in [0.25, 0.3) is 5.91 Å². The number of carbonyl (C=O) groups is 1. The molecule has 1 amide bonds. The summed E-state index contributed by atoms with van der Waals surface area (Å²) in [6, 6.07) is 1.61. The molecule has 1 aromatic heterocycles. The van der Waals surface area contributed by atoms with Gasteiger partial charge in [0, 0.05) is 13.3 Å². The van der Waals surface area contributed by atoms with Crippen LogP contribution in [0.2, 0.25) is 5.02 Å². The summed E-state index contributed by atoms with van der Waals surface area (Å²) in [5.74, 6) is -0.248. The Morgan fingerprint density at radius 1 is 1.71 bits per heavy atom. The third-order valence-corrected chi connectivity index (χ3v) is 2.08. The minimum Gasteiger partial charge on any atom is -0.372 e. The molecule has 1 unspecified atom stereocenters. The molecule has 1 rings (SSSR count). The topological polar surface area (TPSA) is 51.2 Å². The van der Waals surface area contributed by atoms with Gasteiger partial charge >= 0.3 is 0 Å². The monoisotopic (exact) mass is 214 g/mol. The van der Waals surface area contributed by atoms with Crippen LogP contribution in [0.3, 0.4) is 0 Å². The maximum Gasteiger partial charge on any atom is 0.253 e. The number of halogens is 1. The van der Waals surface area contributed by atoms with Crippen LogP contribution in [0.5, 0.6) is 0 Å². The molecular weight excluding hydrogens is 204 g/mol. The Kier molecular flexibility index (Phi) is 3.85. The molecule has 5 heteroatoms. The van der Waals surface area contributed by atoms with Gasteiger partial charge in [-0.05, 0) is 13.0 Å². The highest BCUT2D eigenvalue weighted by Gasteiger charge is 2.12. The summed E-state index contributed by atoms with van der Waals surface area (Å²) in [5, 5.41) is 3.06. The first-order chi connectivity index (χ1) is 6.65. The zero-order valence-electron chi connectivity index (χ0n) is 7.95. The highest BCUT2D eigenvalue weighted by molar-refractivity contribution is 6.33. The van der Waals surface area contributed by atoms with Crippen LogP contribution in [0, 0.1) is 0 Å². The summed E-state index contributed by atoms with van der Waals surface area (Å²) in [6.07, 6.45) is 2.53. The predicted octanol–water partition coefficient (Wildman–Crippen LogP) is 1.71. The van der Waals surface area contributed by atoms with Crippen LogP contribution in [0.1, 0.15) is 6.92 Å². The van der Waals surface area contributed by atoms with Crippen molar-refractivity contribution in [3.63, 3.8) is 0 Å². The third kappa shape index (κ3) is 2.68. The van der Waals surface area contributed by atoms with Crippen LogP contribution in [0.4, 0.5) is 5.69 Å². The highest BCUT2D eigenvalue weighted by Crippen LogP contribution is 2.19. The Bertz CT molecular complexity index is 330. The number of amides is 1. The smallest absolute Gasteiger partial charge is 0.253 e. The molecule has 1 aromatic rings. The zero-order valence-corrected chi connectivity index (χ0v) is 8.71. The second-order valence-corrected chi connectivity index (χ2v) is 3.13. The van der Waals surface area contributed by atoms with Gasteiger partial charge < -0.3 is 10.1 Å². The van der Waals surface area contributed by atoms with Crippen LogP contribution < -0.4 is 5.32 Å². The maximum absolute atomic E-state index is 11.4. The summed E-state index contributed by atoms with van der Waals surface area (Å²) in [4.78, 5) is 15.2. The fraction of sp³-hybridized carbons (Fsp3) is 0.333. The number of hydrogen-bond acceptors (Lipinski definition) is 3. The van der Waals surface area contributed by atoms with Crippen LogP contribution in [-0.2, 0) is 9.53 Å². The summed E-state index contributed by atoms with van der Waals surface area (Å²) >= 11 is 5.82. The van der Waals surface area contributed by atoms with E-state index in [0.717, 1.165) is 0 Å². The van der Waals surface area contributed by atoms with E-state index in [1.807, 2.05) is 0 Å². The highest BCUT2D eigenvalue weighted by atomic mass is 35.5. The summed E-state index contributed by atoms with van der Waals surface area (Å²) in [7, 11) is 1.47. The Labute approximate surface area is 87.2 Å². The van der Waals surface area contributed by atoms with Gasteiger partial charge in [0.15, 0.2) is 0 Å². The minimum atomic E-state index is -0.508. The third-order valence-electron chi connectivity index (χ3n) is 1.75. The molecule has 0 spiro atoms. The van der Waals surface area contributed by atoms with Crippen molar-refractivity contribution < 1.29 is 9.53 Å². The second kappa shape index (κ2) is 4.93. The Balaban J connectivity index is 2.70. The van der Waals surface area contributed by atoms with Crippen LogP contribution in [-0.4, -0.2) is 24.1 Å². The molecule has 4 nitrogen and oxygen atoms in total. The van der Waals surface area contributed by atoms with E-state index in [9.17, 15) is 4.79 Å². The summed E-state index contributed by atoms with van der Waals surface area (Å²) in [6.45, 7) is 1.65. The maximum atomic E-state index is 11.4. The molecule has 0 saturated heterocycles. The Morgan fingerprint density at radius 2 is 2.43 bits per heavy atom. The van der Waals surface area contributed by atoms with Crippen molar-refractivity contribution in [3.8, 4) is 0 Å². The number of carbonyl (C=O) groups excluding carboxylic acids is 1. The quantitative estimate of drug-likeness (QED) is 0.834. The van der Waals surface area contributed by atoms with Gasteiger partial charge in [-0.25, -0.2) is 0 Å². The van der Waals surface area contributed by atoms with Crippen LogP contribution in [0.15, 0.2) is 18.5 Å². The van der Waals surface area contributed by atoms with Crippen molar-refractivity contribution in [1.29, 1.82) is 0 Å². The van der Waals surface area contributed by atoms with Crippen molar-refractivity contribution >= 4 is 23.2 Å². The molecule has 14 heavy (non-hydrogen) atoms. The molecule has 0 saturated carbocycles. The molecule has 1 heterocycles. The number of aromatic nitrogens is 1. The first kappa shape index (κ1) is 10.9. The largest absolute Gasteiger partial charge is 0.372 e. The minimum absolute atomic E-state index is 0.248. The molecule has 76 valence electrons. The number of anilines is 1. The summed E-state index contributed by atoms with van der Waals surface area (Å²) in [5.41, 5.74) is 0.489. The molecule has 0 fully saturated rings. The fourth-order valence-electron chi connectivity index (χ4n) is 0.811. The van der Waals surface area contributed by atoms with Crippen molar-refractivity contribution in [2.75, 3.05) is 12.4 Å². The number of nitrogens with zero attached hydrogens (tertiary/aromatic N) is 1. The average Bonchev–Trinajstić information content (AvgIpc) is 2.20. The van der Waals surface area contributed by atoms with E-state index in [4.69, 9.17) is 16.3 Å². The van der Waals surface area contributed by atoms with E-state index < -0.39 is 6.10 Å². The molecule has 0 aliphatic rings. The lowest BCUT2D eigenvalue weighted by Crippen LogP contribution is -2.26. The number of methoxy groups -OCH3 is 1. The van der Waals surface area contributed by atoms with E-state index in [1.54, 1.807) is 19.2 Å². The fourth-order valence-corrected chi connectivity index (χ4v) is 0.963. The normalized spacial score (nSPS) is 12.2. The standard InChI is InChI=1S/C9H11ClN2O2/c1-6(14-2)9(13)12-8-5-11-4-3-7(8)10/h3-6H,1-2H3,(H,12,13). The van der Waals surface area contributed by atoms with Gasteiger partial charge in [-0.1, -0.05) is 11.6 Å². The number of ether oxygens (including phenoxy) is 1. The lowest BCUT2D eigenvalue weighted by molar-refractivity contribution is -0.124. The zero-order chi connectivity index (χ0) is 10.6. The molecule has 0 bridgehead atoms. The van der Waals surface area contributed by atoms with Gasteiger partial charge in [-0.2, -0.15) is 0 Å². The first-order valence-corrected chi connectivity index (χ1v) is 4.46. The van der Waals surface area contributed by atoms with E-state index in [0.29, 0.717) is 10.7 Å². The molecule has 0 radical (unpaired) electrons. The molecule has 0 aliphatic heterocycles. The molecular formula is C9H11ClN2O2. The number of hydrogen-bond donors (Lipinski definition) is 1. The van der Waals surface area contributed by atoms with Crippen molar-refractivity contribution in [1.82, 2.24) is 4.98 Å². The summed E-state index contributed by atoms with van der Waals surface area (Å²) < 4.78 is 4.85. The van der Waals surface area contributed by atoms with E-state index >= 15 is 0 Å². The van der Waals surface area contributed by atoms with Crippen LogP contribution in [0.25, 0.3) is 0 Å². The number of pyridine rings is 1. The van der Waals surface area contributed by atoms with Gasteiger partial charge in [-0.3, -0.25) is 9.78 Å². The molecule has 0 aromatic carbocycles. The van der Waals surface area contributed by atoms with Crippen molar-refractivity contribution in [3.05, 3.63) is 23.5 Å². The van der Waals surface area contributed by atoms with E-state index in [2.05, 4.69) is 10.3 Å². The van der Waals surface area contributed by atoms with Crippen molar-refractivity contribution in [2.45, 2.75) is 13.0 Å². The van der Waals surface area contributed by atoms with E-state index in [1.165, 1.54) is 13.3 Å². The Morgan fingerprint density at radius 3 is 3.00 bits per heavy atom. The van der Waals surface area contributed by atoms with Gasteiger partial charge in [0.05, 0.1) is 16.9 Å². The molecule has 0 aliphatic carbocycles. The number of rotatable bonds is 3. The molecule has 1 atom stereocenters. The van der Waals surface area contributed by atoms with Crippen LogP contribution >= 0.6 is 11.6 Å². The average molecular weight is 215 g/mol. The van der Waals surface area contributed by atoms with Gasteiger partial charge in [0.1, 0.15) is 6.10 Å². The SMILES string of the molecule is COC(C)C(=O)Nc1cnccc1Cl.